The van der Waals surface area contributed by atoms with Crippen LogP contribution in [0.15, 0.2) is 32.3 Å². The van der Waals surface area contributed by atoms with Gasteiger partial charge in [-0.1, -0.05) is 0 Å². The fourth-order valence-electron chi connectivity index (χ4n) is 1.42. The highest BCUT2D eigenvalue weighted by molar-refractivity contribution is 7.89. The van der Waals surface area contributed by atoms with Crippen LogP contribution in [0.2, 0.25) is 0 Å². The van der Waals surface area contributed by atoms with E-state index in [1.807, 2.05) is 0 Å². The van der Waals surface area contributed by atoms with Crippen molar-refractivity contribution in [2.24, 2.45) is 0 Å². The zero-order valence-electron chi connectivity index (χ0n) is 9.30. The lowest BCUT2D eigenvalue weighted by Gasteiger charge is -2.07. The van der Waals surface area contributed by atoms with Crippen molar-refractivity contribution in [3.8, 4) is 6.07 Å². The summed E-state index contributed by atoms with van der Waals surface area (Å²) < 4.78 is 30.7. The highest BCUT2D eigenvalue weighted by Crippen LogP contribution is 2.16. The average molecular weight is 267 g/mol. The first-order valence-corrected chi connectivity index (χ1v) is 6.45. The molecule has 8 heteroatoms. The second-order valence-corrected chi connectivity index (χ2v) is 5.36. The van der Waals surface area contributed by atoms with Crippen LogP contribution >= 0.6 is 0 Å². The number of hydrogen-bond acceptors (Lipinski definition) is 5. The second-order valence-electron chi connectivity index (χ2n) is 3.64. The lowest BCUT2D eigenvalue weighted by molar-refractivity contribution is 0.553. The molecule has 1 heterocycles. The molecule has 0 spiro atoms. The molecule has 1 aromatic heterocycles. The summed E-state index contributed by atoms with van der Waals surface area (Å²) in [6.45, 7) is 1.42. The standard InChI is InChI=1S/C10H9N3O4S/c1-6(5-11)13-18(15,16)7-2-3-8-9(4-7)17-10(14)12-8/h2-4,6,13H,1H3,(H,12,14). The Morgan fingerprint density at radius 1 is 1.50 bits per heavy atom. The minimum absolute atomic E-state index is 0.0696. The first-order chi connectivity index (χ1) is 8.42. The summed E-state index contributed by atoms with van der Waals surface area (Å²) in [6.07, 6.45) is 0. The van der Waals surface area contributed by atoms with Crippen LogP contribution in [0.25, 0.3) is 11.1 Å². The van der Waals surface area contributed by atoms with E-state index in [-0.39, 0.29) is 10.5 Å². The molecule has 1 unspecified atom stereocenters. The van der Waals surface area contributed by atoms with Crippen molar-refractivity contribution in [1.29, 1.82) is 5.26 Å². The maximum Gasteiger partial charge on any atom is 0.417 e. The Labute approximate surface area is 102 Å². The molecule has 0 amide bonds. The van der Waals surface area contributed by atoms with Gasteiger partial charge in [0.15, 0.2) is 5.58 Å². The normalized spacial score (nSPS) is 13.3. The molecule has 0 aliphatic rings. The highest BCUT2D eigenvalue weighted by Gasteiger charge is 2.18. The Hall–Kier alpha value is -2.11. The molecule has 2 rings (SSSR count). The fourth-order valence-corrected chi connectivity index (χ4v) is 2.58. The first kappa shape index (κ1) is 12.3. The van der Waals surface area contributed by atoms with Crippen LogP contribution in [0.3, 0.4) is 0 Å². The van der Waals surface area contributed by atoms with Crippen LogP contribution in [-0.2, 0) is 10.0 Å². The van der Waals surface area contributed by atoms with Crippen molar-refractivity contribution in [2.45, 2.75) is 17.9 Å². The van der Waals surface area contributed by atoms with Crippen molar-refractivity contribution in [1.82, 2.24) is 9.71 Å². The molecule has 0 aliphatic heterocycles. The van der Waals surface area contributed by atoms with Gasteiger partial charge in [0.1, 0.15) is 6.04 Å². The Kier molecular flexibility index (Phi) is 2.94. The largest absolute Gasteiger partial charge is 0.417 e. The Balaban J connectivity index is 2.48. The summed E-state index contributed by atoms with van der Waals surface area (Å²) in [6, 6.07) is 4.88. The van der Waals surface area contributed by atoms with E-state index in [2.05, 4.69) is 9.71 Å². The van der Waals surface area contributed by atoms with Gasteiger partial charge >= 0.3 is 5.76 Å². The molecule has 94 valence electrons. The zero-order valence-corrected chi connectivity index (χ0v) is 10.1. The van der Waals surface area contributed by atoms with Crippen LogP contribution in [0, 0.1) is 11.3 Å². The molecule has 0 saturated carbocycles. The van der Waals surface area contributed by atoms with Gasteiger partial charge in [-0.3, -0.25) is 4.98 Å². The molecule has 0 bridgehead atoms. The van der Waals surface area contributed by atoms with Gasteiger partial charge in [0, 0.05) is 6.07 Å². The molecule has 0 fully saturated rings. The van der Waals surface area contributed by atoms with E-state index >= 15 is 0 Å². The molecule has 0 saturated heterocycles. The number of sulfonamides is 1. The summed E-state index contributed by atoms with van der Waals surface area (Å²) in [5, 5.41) is 8.58. The lowest BCUT2D eigenvalue weighted by Crippen LogP contribution is -2.31. The number of rotatable bonds is 3. The van der Waals surface area contributed by atoms with Gasteiger partial charge in [0.05, 0.1) is 16.5 Å². The Morgan fingerprint density at radius 2 is 2.22 bits per heavy atom. The second kappa shape index (κ2) is 4.29. The topological polar surface area (TPSA) is 116 Å². The maximum atomic E-state index is 11.9. The summed E-state index contributed by atoms with van der Waals surface area (Å²) in [4.78, 5) is 13.3. The molecular weight excluding hydrogens is 258 g/mol. The molecule has 0 radical (unpaired) electrons. The smallest absolute Gasteiger partial charge is 0.408 e. The van der Waals surface area contributed by atoms with E-state index in [4.69, 9.17) is 9.68 Å². The number of oxazole rings is 1. The van der Waals surface area contributed by atoms with Crippen molar-refractivity contribution in [3.63, 3.8) is 0 Å². The van der Waals surface area contributed by atoms with E-state index in [9.17, 15) is 13.2 Å². The molecule has 0 aliphatic carbocycles. The minimum Gasteiger partial charge on any atom is -0.408 e. The molecule has 18 heavy (non-hydrogen) atoms. The summed E-state index contributed by atoms with van der Waals surface area (Å²) in [5.74, 6) is -0.655. The fraction of sp³-hybridized carbons (Fsp3) is 0.200. The number of benzene rings is 1. The highest BCUT2D eigenvalue weighted by atomic mass is 32.2. The maximum absolute atomic E-state index is 11.9. The molecule has 2 aromatic rings. The molecular formula is C10H9N3O4S. The van der Waals surface area contributed by atoms with Gasteiger partial charge in [0.25, 0.3) is 0 Å². The number of hydrogen-bond donors (Lipinski definition) is 2. The third-order valence-corrected chi connectivity index (χ3v) is 3.77. The van der Waals surface area contributed by atoms with Crippen molar-refractivity contribution < 1.29 is 12.8 Å². The number of aromatic amines is 1. The van der Waals surface area contributed by atoms with E-state index in [1.165, 1.54) is 25.1 Å². The van der Waals surface area contributed by atoms with Crippen molar-refractivity contribution >= 4 is 21.1 Å². The molecule has 1 atom stereocenters. The van der Waals surface area contributed by atoms with Gasteiger partial charge in [-0.15, -0.1) is 0 Å². The predicted octanol–water partition coefficient (Wildman–Crippen LogP) is 0.311. The number of nitrogens with zero attached hydrogens (tertiary/aromatic N) is 1. The van der Waals surface area contributed by atoms with E-state index in [1.54, 1.807) is 6.07 Å². The quantitative estimate of drug-likeness (QED) is 0.830. The van der Waals surface area contributed by atoms with Crippen LogP contribution in [-0.4, -0.2) is 19.4 Å². The van der Waals surface area contributed by atoms with E-state index in [0.29, 0.717) is 5.52 Å². The summed E-state index contributed by atoms with van der Waals surface area (Å²) in [5.41, 5.74) is 0.555. The number of nitrogens with one attached hydrogen (secondary N) is 2. The van der Waals surface area contributed by atoms with Crippen molar-refractivity contribution in [3.05, 3.63) is 28.7 Å². The van der Waals surface area contributed by atoms with E-state index in [0.717, 1.165) is 0 Å². The van der Waals surface area contributed by atoms with Gasteiger partial charge in [-0.05, 0) is 19.1 Å². The monoisotopic (exact) mass is 267 g/mol. The Morgan fingerprint density at radius 3 is 2.89 bits per heavy atom. The number of aromatic nitrogens is 1. The van der Waals surface area contributed by atoms with Crippen LogP contribution in [0.5, 0.6) is 0 Å². The number of H-pyrrole nitrogens is 1. The average Bonchev–Trinajstić information content (AvgIpc) is 2.67. The van der Waals surface area contributed by atoms with Crippen LogP contribution in [0.4, 0.5) is 0 Å². The summed E-state index contributed by atoms with van der Waals surface area (Å²) in [7, 11) is -3.80. The van der Waals surface area contributed by atoms with E-state index < -0.39 is 21.8 Å². The molecule has 1 aromatic carbocycles. The number of nitriles is 1. The van der Waals surface area contributed by atoms with Crippen LogP contribution < -0.4 is 10.5 Å². The van der Waals surface area contributed by atoms with Gasteiger partial charge in [-0.2, -0.15) is 9.98 Å². The molecule has 2 N–H and O–H groups in total. The van der Waals surface area contributed by atoms with Crippen LogP contribution in [0.1, 0.15) is 6.92 Å². The molecule has 7 nitrogen and oxygen atoms in total. The zero-order chi connectivity index (χ0) is 13.3. The third kappa shape index (κ3) is 2.27. The predicted molar refractivity (Wildman–Crippen MR) is 62.2 cm³/mol. The first-order valence-electron chi connectivity index (χ1n) is 4.97. The van der Waals surface area contributed by atoms with Gasteiger partial charge in [-0.25, -0.2) is 13.2 Å². The third-order valence-electron chi connectivity index (χ3n) is 2.23. The SMILES string of the molecule is CC(C#N)NS(=O)(=O)c1ccc2[nH]c(=O)oc2c1. The minimum atomic E-state index is -3.80. The van der Waals surface area contributed by atoms with Crippen molar-refractivity contribution in [2.75, 3.05) is 0 Å². The van der Waals surface area contributed by atoms with Gasteiger partial charge < -0.3 is 4.42 Å². The summed E-state index contributed by atoms with van der Waals surface area (Å²) >= 11 is 0. The Bertz CT molecular complexity index is 781. The number of fused-ring (bicyclic) bond motifs is 1. The van der Waals surface area contributed by atoms with Gasteiger partial charge in [0.2, 0.25) is 10.0 Å². The lowest BCUT2D eigenvalue weighted by atomic mass is 10.3.